The van der Waals surface area contributed by atoms with E-state index in [4.69, 9.17) is 0 Å². The SMILES string of the molecule is CN(C(=O)Nc1cccc2cccnc12)c1ccccc1. The molecule has 0 saturated heterocycles. The summed E-state index contributed by atoms with van der Waals surface area (Å²) in [6.07, 6.45) is 1.72. The normalized spacial score (nSPS) is 10.3. The summed E-state index contributed by atoms with van der Waals surface area (Å²) in [4.78, 5) is 18.2. The van der Waals surface area contributed by atoms with E-state index in [0.717, 1.165) is 16.6 Å². The van der Waals surface area contributed by atoms with E-state index >= 15 is 0 Å². The number of amides is 2. The van der Waals surface area contributed by atoms with E-state index in [1.807, 2.05) is 60.7 Å². The van der Waals surface area contributed by atoms with Crippen LogP contribution in [0.25, 0.3) is 10.9 Å². The van der Waals surface area contributed by atoms with E-state index in [1.54, 1.807) is 18.1 Å². The molecule has 1 N–H and O–H groups in total. The summed E-state index contributed by atoms with van der Waals surface area (Å²) in [5.41, 5.74) is 2.33. The first-order valence-electron chi connectivity index (χ1n) is 6.69. The number of para-hydroxylation sites is 2. The quantitative estimate of drug-likeness (QED) is 0.772. The predicted molar refractivity (Wildman–Crippen MR) is 85.6 cm³/mol. The van der Waals surface area contributed by atoms with E-state index in [9.17, 15) is 4.79 Å². The third kappa shape index (κ3) is 2.69. The maximum Gasteiger partial charge on any atom is 0.326 e. The average Bonchev–Trinajstić information content (AvgIpc) is 2.55. The molecule has 1 aromatic heterocycles. The van der Waals surface area contributed by atoms with Crippen LogP contribution in [0.1, 0.15) is 0 Å². The van der Waals surface area contributed by atoms with Gasteiger partial charge in [0.15, 0.2) is 0 Å². The Morgan fingerprint density at radius 2 is 1.76 bits per heavy atom. The van der Waals surface area contributed by atoms with Crippen LogP contribution in [-0.2, 0) is 0 Å². The molecule has 0 radical (unpaired) electrons. The van der Waals surface area contributed by atoms with Crippen LogP contribution >= 0.6 is 0 Å². The Bertz CT molecular complexity index is 766. The maximum absolute atomic E-state index is 12.3. The van der Waals surface area contributed by atoms with Gasteiger partial charge in [0.25, 0.3) is 0 Å². The fraction of sp³-hybridized carbons (Fsp3) is 0.0588. The zero-order valence-electron chi connectivity index (χ0n) is 11.7. The molecule has 0 aliphatic rings. The summed E-state index contributed by atoms with van der Waals surface area (Å²) in [5, 5.41) is 3.91. The molecule has 2 aromatic carbocycles. The molecule has 3 aromatic rings. The summed E-state index contributed by atoms with van der Waals surface area (Å²) >= 11 is 0. The standard InChI is InChI=1S/C17H15N3O/c1-20(14-9-3-2-4-10-14)17(21)19-15-11-5-7-13-8-6-12-18-16(13)15/h2-12H,1H3,(H,19,21). The number of hydrogen-bond acceptors (Lipinski definition) is 2. The van der Waals surface area contributed by atoms with Gasteiger partial charge in [0, 0.05) is 24.3 Å². The largest absolute Gasteiger partial charge is 0.326 e. The summed E-state index contributed by atoms with van der Waals surface area (Å²) in [6.45, 7) is 0. The third-order valence-corrected chi connectivity index (χ3v) is 3.32. The van der Waals surface area contributed by atoms with Crippen molar-refractivity contribution in [1.82, 2.24) is 4.98 Å². The van der Waals surface area contributed by atoms with Gasteiger partial charge in [-0.3, -0.25) is 9.88 Å². The Labute approximate surface area is 123 Å². The first-order chi connectivity index (χ1) is 10.3. The molecule has 0 fully saturated rings. The molecule has 21 heavy (non-hydrogen) atoms. The molecule has 0 unspecified atom stereocenters. The second-order valence-electron chi connectivity index (χ2n) is 4.71. The number of hydrogen-bond donors (Lipinski definition) is 1. The number of urea groups is 1. The van der Waals surface area contributed by atoms with Crippen LogP contribution < -0.4 is 10.2 Å². The number of pyridine rings is 1. The van der Waals surface area contributed by atoms with Crippen molar-refractivity contribution in [3.8, 4) is 0 Å². The highest BCUT2D eigenvalue weighted by Gasteiger charge is 2.12. The van der Waals surface area contributed by atoms with Gasteiger partial charge in [0.05, 0.1) is 11.2 Å². The molecule has 104 valence electrons. The minimum Gasteiger partial charge on any atom is -0.305 e. The monoisotopic (exact) mass is 277 g/mol. The third-order valence-electron chi connectivity index (χ3n) is 3.32. The molecule has 0 aliphatic carbocycles. The number of fused-ring (bicyclic) bond motifs is 1. The molecular formula is C17H15N3O. The number of benzene rings is 2. The van der Waals surface area contributed by atoms with Gasteiger partial charge < -0.3 is 5.32 Å². The molecular weight excluding hydrogens is 262 g/mol. The van der Waals surface area contributed by atoms with Crippen molar-refractivity contribution >= 4 is 28.3 Å². The van der Waals surface area contributed by atoms with Crippen LogP contribution in [0.15, 0.2) is 66.9 Å². The lowest BCUT2D eigenvalue weighted by atomic mass is 10.2. The number of rotatable bonds is 2. The Morgan fingerprint density at radius 3 is 2.57 bits per heavy atom. The van der Waals surface area contributed by atoms with Gasteiger partial charge in [-0.2, -0.15) is 0 Å². The van der Waals surface area contributed by atoms with Gasteiger partial charge in [-0.05, 0) is 24.3 Å². The Morgan fingerprint density at radius 1 is 1.00 bits per heavy atom. The van der Waals surface area contributed by atoms with E-state index in [1.165, 1.54) is 0 Å². The summed E-state index contributed by atoms with van der Waals surface area (Å²) in [6, 6.07) is 18.9. The van der Waals surface area contributed by atoms with E-state index in [-0.39, 0.29) is 6.03 Å². The highest BCUT2D eigenvalue weighted by atomic mass is 16.2. The van der Waals surface area contributed by atoms with Gasteiger partial charge in [0.1, 0.15) is 0 Å². The smallest absolute Gasteiger partial charge is 0.305 e. The molecule has 0 saturated carbocycles. The van der Waals surface area contributed by atoms with Crippen molar-refractivity contribution in [1.29, 1.82) is 0 Å². The van der Waals surface area contributed by atoms with Crippen molar-refractivity contribution < 1.29 is 4.79 Å². The van der Waals surface area contributed by atoms with Crippen molar-refractivity contribution in [2.24, 2.45) is 0 Å². The van der Waals surface area contributed by atoms with Crippen LogP contribution in [-0.4, -0.2) is 18.1 Å². The highest BCUT2D eigenvalue weighted by Crippen LogP contribution is 2.21. The fourth-order valence-electron chi connectivity index (χ4n) is 2.17. The Hall–Kier alpha value is -2.88. The first kappa shape index (κ1) is 13.1. The Kier molecular flexibility index (Phi) is 3.51. The van der Waals surface area contributed by atoms with Crippen LogP contribution in [0.4, 0.5) is 16.2 Å². The van der Waals surface area contributed by atoms with Gasteiger partial charge in [-0.15, -0.1) is 0 Å². The molecule has 0 spiro atoms. The number of carbonyl (C=O) groups excluding carboxylic acids is 1. The van der Waals surface area contributed by atoms with Crippen molar-refractivity contribution in [3.63, 3.8) is 0 Å². The summed E-state index contributed by atoms with van der Waals surface area (Å²) in [5.74, 6) is 0. The lowest BCUT2D eigenvalue weighted by Gasteiger charge is -2.18. The number of nitrogens with one attached hydrogen (secondary N) is 1. The minimum absolute atomic E-state index is 0.195. The zero-order valence-corrected chi connectivity index (χ0v) is 11.7. The topological polar surface area (TPSA) is 45.2 Å². The molecule has 4 nitrogen and oxygen atoms in total. The van der Waals surface area contributed by atoms with Gasteiger partial charge >= 0.3 is 6.03 Å². The molecule has 3 rings (SSSR count). The summed E-state index contributed by atoms with van der Waals surface area (Å²) in [7, 11) is 1.74. The van der Waals surface area contributed by atoms with Crippen LogP contribution in [0.5, 0.6) is 0 Å². The molecule has 0 atom stereocenters. The number of nitrogens with zero attached hydrogens (tertiary/aromatic N) is 2. The van der Waals surface area contributed by atoms with E-state index in [2.05, 4.69) is 10.3 Å². The number of carbonyl (C=O) groups is 1. The molecule has 4 heteroatoms. The van der Waals surface area contributed by atoms with E-state index in [0.29, 0.717) is 5.69 Å². The lowest BCUT2D eigenvalue weighted by Crippen LogP contribution is -2.31. The first-order valence-corrected chi connectivity index (χ1v) is 6.69. The van der Waals surface area contributed by atoms with E-state index < -0.39 is 0 Å². The zero-order chi connectivity index (χ0) is 14.7. The van der Waals surface area contributed by atoms with Crippen molar-refractivity contribution in [3.05, 3.63) is 66.9 Å². The second-order valence-corrected chi connectivity index (χ2v) is 4.71. The minimum atomic E-state index is -0.195. The number of anilines is 2. The van der Waals surface area contributed by atoms with Crippen LogP contribution in [0, 0.1) is 0 Å². The molecule has 2 amide bonds. The van der Waals surface area contributed by atoms with Crippen molar-refractivity contribution in [2.45, 2.75) is 0 Å². The molecule has 0 aliphatic heterocycles. The predicted octanol–water partition coefficient (Wildman–Crippen LogP) is 3.90. The summed E-state index contributed by atoms with van der Waals surface area (Å²) < 4.78 is 0. The maximum atomic E-state index is 12.3. The second kappa shape index (κ2) is 5.63. The fourth-order valence-corrected chi connectivity index (χ4v) is 2.17. The number of aromatic nitrogens is 1. The Balaban J connectivity index is 1.87. The molecule has 0 bridgehead atoms. The van der Waals surface area contributed by atoms with Crippen LogP contribution in [0.2, 0.25) is 0 Å². The lowest BCUT2D eigenvalue weighted by molar-refractivity contribution is 0.258. The van der Waals surface area contributed by atoms with Gasteiger partial charge in [-0.1, -0.05) is 36.4 Å². The highest BCUT2D eigenvalue weighted by molar-refractivity contribution is 6.05. The molecule has 1 heterocycles. The van der Waals surface area contributed by atoms with Gasteiger partial charge in [-0.25, -0.2) is 4.79 Å². The van der Waals surface area contributed by atoms with Crippen LogP contribution in [0.3, 0.4) is 0 Å². The van der Waals surface area contributed by atoms with Crippen molar-refractivity contribution in [2.75, 3.05) is 17.3 Å². The van der Waals surface area contributed by atoms with Gasteiger partial charge in [0.2, 0.25) is 0 Å². The average molecular weight is 277 g/mol.